The molecule has 21 heavy (non-hydrogen) atoms. The number of ketones is 1. The van der Waals surface area contributed by atoms with E-state index >= 15 is 0 Å². The summed E-state index contributed by atoms with van der Waals surface area (Å²) >= 11 is 5.81. The van der Waals surface area contributed by atoms with Gasteiger partial charge in [-0.1, -0.05) is 35.9 Å². The van der Waals surface area contributed by atoms with E-state index in [1.54, 1.807) is 48.5 Å². The maximum atomic E-state index is 12.4. The zero-order valence-electron chi connectivity index (χ0n) is 10.9. The van der Waals surface area contributed by atoms with Gasteiger partial charge in [0.2, 0.25) is 0 Å². The minimum Gasteiger partial charge on any atom is -0.289 e. The highest BCUT2D eigenvalue weighted by atomic mass is 35.5. The minimum absolute atomic E-state index is 0.114. The zero-order chi connectivity index (χ0) is 15.0. The van der Waals surface area contributed by atoms with Crippen molar-refractivity contribution >= 4 is 33.3 Å². The van der Waals surface area contributed by atoms with Gasteiger partial charge in [0.05, 0.1) is 10.6 Å². The second-order valence-corrected chi connectivity index (χ2v) is 7.20. The Morgan fingerprint density at radius 3 is 2.38 bits per heavy atom. The molecule has 1 aliphatic rings. The third kappa shape index (κ3) is 2.64. The number of benzene rings is 2. The van der Waals surface area contributed by atoms with Gasteiger partial charge in [-0.25, -0.2) is 8.42 Å². The van der Waals surface area contributed by atoms with Gasteiger partial charge in [-0.2, -0.15) is 0 Å². The lowest BCUT2D eigenvalue weighted by molar-refractivity contribution is 0.103. The van der Waals surface area contributed by atoms with E-state index < -0.39 is 9.84 Å². The lowest BCUT2D eigenvalue weighted by Crippen LogP contribution is -2.24. The van der Waals surface area contributed by atoms with Crippen LogP contribution in [0.1, 0.15) is 15.9 Å². The van der Waals surface area contributed by atoms with E-state index in [-0.39, 0.29) is 27.6 Å². The Bertz CT molecular complexity index is 849. The van der Waals surface area contributed by atoms with Crippen LogP contribution in [0.5, 0.6) is 0 Å². The molecule has 3 nitrogen and oxygen atoms in total. The molecule has 0 atom stereocenters. The van der Waals surface area contributed by atoms with Crippen LogP contribution in [0.2, 0.25) is 5.02 Å². The molecular formula is C16H11ClO3S. The lowest BCUT2D eigenvalue weighted by Gasteiger charge is -2.17. The van der Waals surface area contributed by atoms with Crippen LogP contribution in [0, 0.1) is 0 Å². The highest BCUT2D eigenvalue weighted by molar-refractivity contribution is 7.91. The molecule has 0 fully saturated rings. The van der Waals surface area contributed by atoms with Gasteiger partial charge in [-0.3, -0.25) is 4.79 Å². The molecule has 0 aromatic heterocycles. The van der Waals surface area contributed by atoms with Gasteiger partial charge >= 0.3 is 0 Å². The maximum Gasteiger partial charge on any atom is 0.191 e. The first-order valence-corrected chi connectivity index (χ1v) is 8.33. The maximum absolute atomic E-state index is 12.4. The van der Waals surface area contributed by atoms with E-state index in [4.69, 9.17) is 11.6 Å². The van der Waals surface area contributed by atoms with Crippen LogP contribution >= 0.6 is 11.6 Å². The first-order valence-electron chi connectivity index (χ1n) is 6.30. The molecular weight excluding hydrogens is 308 g/mol. The number of sulfone groups is 1. The largest absolute Gasteiger partial charge is 0.289 e. The summed E-state index contributed by atoms with van der Waals surface area (Å²) in [5.41, 5.74) is 1.26. The number of rotatable bonds is 1. The van der Waals surface area contributed by atoms with Crippen LogP contribution in [-0.2, 0) is 9.84 Å². The van der Waals surface area contributed by atoms with Crippen molar-refractivity contribution in [3.05, 3.63) is 70.3 Å². The molecule has 1 heterocycles. The molecule has 2 aromatic carbocycles. The third-order valence-electron chi connectivity index (χ3n) is 3.31. The van der Waals surface area contributed by atoms with Gasteiger partial charge in [-0.05, 0) is 35.9 Å². The normalized spacial score (nSPS) is 18.5. The molecule has 0 N–H and O–H groups in total. The van der Waals surface area contributed by atoms with E-state index in [0.717, 1.165) is 5.56 Å². The summed E-state index contributed by atoms with van der Waals surface area (Å²) in [4.78, 5) is 12.5. The number of hydrogen-bond acceptors (Lipinski definition) is 3. The van der Waals surface area contributed by atoms with Crippen molar-refractivity contribution in [1.29, 1.82) is 0 Å². The molecule has 0 aliphatic carbocycles. The van der Waals surface area contributed by atoms with E-state index in [2.05, 4.69) is 0 Å². The monoisotopic (exact) mass is 318 g/mol. The topological polar surface area (TPSA) is 51.2 Å². The van der Waals surface area contributed by atoms with Crippen molar-refractivity contribution in [2.24, 2.45) is 0 Å². The Morgan fingerprint density at radius 1 is 1.00 bits per heavy atom. The van der Waals surface area contributed by atoms with Crippen LogP contribution in [0.3, 0.4) is 0 Å². The van der Waals surface area contributed by atoms with Gasteiger partial charge in [0.15, 0.2) is 15.6 Å². The minimum atomic E-state index is -3.47. The summed E-state index contributed by atoms with van der Waals surface area (Å²) < 4.78 is 24.5. The summed E-state index contributed by atoms with van der Waals surface area (Å²) in [6, 6.07) is 13.2. The quantitative estimate of drug-likeness (QED) is 0.757. The average Bonchev–Trinajstić information content (AvgIpc) is 2.47. The standard InChI is InChI=1S/C16H11ClO3S/c17-13-7-5-11(6-8-13)9-12-10-21(19,20)15-4-2-1-3-14(15)16(12)18/h1-9H,10H2/b12-9+. The Kier molecular flexibility index (Phi) is 3.43. The lowest BCUT2D eigenvalue weighted by atomic mass is 10.0. The van der Waals surface area contributed by atoms with Crippen molar-refractivity contribution in [2.75, 3.05) is 5.75 Å². The molecule has 0 radical (unpaired) electrons. The Morgan fingerprint density at radius 2 is 1.67 bits per heavy atom. The highest BCUT2D eigenvalue weighted by Crippen LogP contribution is 2.28. The fourth-order valence-electron chi connectivity index (χ4n) is 2.31. The van der Waals surface area contributed by atoms with Crippen LogP contribution < -0.4 is 0 Å². The van der Waals surface area contributed by atoms with Crippen molar-refractivity contribution in [1.82, 2.24) is 0 Å². The number of carbonyl (C=O) groups is 1. The van der Waals surface area contributed by atoms with E-state index in [0.29, 0.717) is 5.02 Å². The van der Waals surface area contributed by atoms with Crippen LogP contribution in [-0.4, -0.2) is 20.0 Å². The van der Waals surface area contributed by atoms with Crippen LogP contribution in [0.25, 0.3) is 6.08 Å². The van der Waals surface area contributed by atoms with Crippen LogP contribution in [0.4, 0.5) is 0 Å². The Labute approximate surface area is 127 Å². The molecule has 0 saturated carbocycles. The molecule has 3 rings (SSSR count). The van der Waals surface area contributed by atoms with E-state index in [1.165, 1.54) is 6.07 Å². The summed E-state index contributed by atoms with van der Waals surface area (Å²) in [7, 11) is -3.47. The summed E-state index contributed by atoms with van der Waals surface area (Å²) in [5.74, 6) is -0.513. The van der Waals surface area contributed by atoms with Crippen molar-refractivity contribution < 1.29 is 13.2 Å². The highest BCUT2D eigenvalue weighted by Gasteiger charge is 2.32. The SMILES string of the molecule is O=C1/C(=C/c2ccc(Cl)cc2)CS(=O)(=O)c2ccccc21. The average molecular weight is 319 g/mol. The van der Waals surface area contributed by atoms with E-state index in [9.17, 15) is 13.2 Å². The smallest absolute Gasteiger partial charge is 0.191 e. The van der Waals surface area contributed by atoms with E-state index in [1.807, 2.05) is 0 Å². The summed E-state index contributed by atoms with van der Waals surface area (Å²) in [5, 5.41) is 0.588. The van der Waals surface area contributed by atoms with Crippen molar-refractivity contribution in [3.8, 4) is 0 Å². The summed E-state index contributed by atoms with van der Waals surface area (Å²) in [6.07, 6.45) is 1.60. The number of halogens is 1. The number of fused-ring (bicyclic) bond motifs is 1. The molecule has 0 bridgehead atoms. The predicted octanol–water partition coefficient (Wildman–Crippen LogP) is 3.39. The first-order chi connectivity index (χ1) is 9.97. The van der Waals surface area contributed by atoms with Gasteiger partial charge in [0.25, 0.3) is 0 Å². The van der Waals surface area contributed by atoms with Crippen LogP contribution in [0.15, 0.2) is 59.0 Å². The zero-order valence-corrected chi connectivity index (χ0v) is 12.5. The number of carbonyl (C=O) groups excluding carboxylic acids is 1. The second kappa shape index (κ2) is 5.13. The Balaban J connectivity index is 2.11. The van der Waals surface area contributed by atoms with Gasteiger partial charge < -0.3 is 0 Å². The van der Waals surface area contributed by atoms with Gasteiger partial charge in [0, 0.05) is 16.2 Å². The molecule has 0 spiro atoms. The molecule has 5 heteroatoms. The Hall–Kier alpha value is -1.91. The summed E-state index contributed by atoms with van der Waals surface area (Å²) in [6.45, 7) is 0. The van der Waals surface area contributed by atoms with Crippen molar-refractivity contribution in [3.63, 3.8) is 0 Å². The fourth-order valence-corrected chi connectivity index (χ4v) is 4.00. The van der Waals surface area contributed by atoms with Gasteiger partial charge in [-0.15, -0.1) is 0 Å². The third-order valence-corrected chi connectivity index (χ3v) is 5.28. The molecule has 106 valence electrons. The molecule has 0 unspecified atom stereocenters. The molecule has 2 aromatic rings. The fraction of sp³-hybridized carbons (Fsp3) is 0.0625. The number of Topliss-reactive ketones (excluding diaryl/α,β-unsaturated/α-hetero) is 1. The first kappa shape index (κ1) is 14.0. The van der Waals surface area contributed by atoms with Crippen molar-refractivity contribution in [2.45, 2.75) is 4.90 Å². The van der Waals surface area contributed by atoms with Gasteiger partial charge in [0.1, 0.15) is 0 Å². The second-order valence-electron chi connectivity index (χ2n) is 4.81. The molecule has 1 aliphatic heterocycles. The molecule has 0 amide bonds. The predicted molar refractivity (Wildman–Crippen MR) is 82.3 cm³/mol. The number of hydrogen-bond donors (Lipinski definition) is 0. The molecule has 0 saturated heterocycles.